The monoisotopic (exact) mass is 240 g/mol. The van der Waals surface area contributed by atoms with E-state index in [0.29, 0.717) is 13.2 Å². The van der Waals surface area contributed by atoms with E-state index in [1.54, 1.807) is 7.11 Å². The van der Waals surface area contributed by atoms with Gasteiger partial charge in [-0.15, -0.1) is 10.2 Å². The van der Waals surface area contributed by atoms with Crippen LogP contribution in [0.5, 0.6) is 0 Å². The SMILES string of the molecule is COCCn1c(CN)nnc1C1CCCCO1. The van der Waals surface area contributed by atoms with Crippen LogP contribution in [-0.4, -0.2) is 35.1 Å². The Morgan fingerprint density at radius 3 is 3.00 bits per heavy atom. The molecule has 0 bridgehead atoms. The lowest BCUT2D eigenvalue weighted by Crippen LogP contribution is -2.20. The Morgan fingerprint density at radius 2 is 2.35 bits per heavy atom. The van der Waals surface area contributed by atoms with Gasteiger partial charge in [-0.05, 0) is 19.3 Å². The van der Waals surface area contributed by atoms with Crippen molar-refractivity contribution in [3.05, 3.63) is 11.6 Å². The zero-order valence-corrected chi connectivity index (χ0v) is 10.3. The Labute approximate surface area is 101 Å². The fourth-order valence-corrected chi connectivity index (χ4v) is 2.11. The summed E-state index contributed by atoms with van der Waals surface area (Å²) in [6, 6.07) is 0. The molecule has 1 aromatic rings. The lowest BCUT2D eigenvalue weighted by molar-refractivity contribution is 0.00641. The third-order valence-electron chi connectivity index (χ3n) is 3.03. The minimum Gasteiger partial charge on any atom is -0.383 e. The zero-order valence-electron chi connectivity index (χ0n) is 10.3. The van der Waals surface area contributed by atoms with Crippen LogP contribution in [0.4, 0.5) is 0 Å². The number of hydrogen-bond donors (Lipinski definition) is 1. The maximum atomic E-state index is 5.74. The highest BCUT2D eigenvalue weighted by molar-refractivity contribution is 5.00. The molecule has 0 aromatic carbocycles. The summed E-state index contributed by atoms with van der Waals surface area (Å²) in [5.41, 5.74) is 5.66. The summed E-state index contributed by atoms with van der Waals surface area (Å²) in [4.78, 5) is 0. The van der Waals surface area contributed by atoms with Crippen LogP contribution in [0, 0.1) is 0 Å². The maximum absolute atomic E-state index is 5.74. The van der Waals surface area contributed by atoms with Gasteiger partial charge < -0.3 is 19.8 Å². The smallest absolute Gasteiger partial charge is 0.162 e. The molecule has 0 saturated carbocycles. The number of hydrogen-bond acceptors (Lipinski definition) is 5. The van der Waals surface area contributed by atoms with Crippen LogP contribution in [-0.2, 0) is 22.6 Å². The van der Waals surface area contributed by atoms with Gasteiger partial charge in [0.1, 0.15) is 11.9 Å². The zero-order chi connectivity index (χ0) is 12.1. The molecule has 1 atom stereocenters. The summed E-state index contributed by atoms with van der Waals surface area (Å²) < 4.78 is 12.9. The van der Waals surface area contributed by atoms with Gasteiger partial charge >= 0.3 is 0 Å². The molecule has 1 saturated heterocycles. The van der Waals surface area contributed by atoms with E-state index in [1.165, 1.54) is 6.42 Å². The molecule has 17 heavy (non-hydrogen) atoms. The number of ether oxygens (including phenoxy) is 2. The molecule has 1 fully saturated rings. The normalized spacial score (nSPS) is 20.7. The van der Waals surface area contributed by atoms with E-state index in [2.05, 4.69) is 10.2 Å². The lowest BCUT2D eigenvalue weighted by atomic mass is 10.1. The Morgan fingerprint density at radius 1 is 1.47 bits per heavy atom. The third-order valence-corrected chi connectivity index (χ3v) is 3.03. The highest BCUT2D eigenvalue weighted by atomic mass is 16.5. The second-order valence-corrected chi connectivity index (χ2v) is 4.18. The van der Waals surface area contributed by atoms with Crippen molar-refractivity contribution in [1.29, 1.82) is 0 Å². The predicted molar refractivity (Wildman–Crippen MR) is 62.3 cm³/mol. The van der Waals surface area contributed by atoms with Crippen LogP contribution < -0.4 is 5.73 Å². The van der Waals surface area contributed by atoms with Crippen LogP contribution in [0.15, 0.2) is 0 Å². The molecule has 96 valence electrons. The van der Waals surface area contributed by atoms with E-state index in [-0.39, 0.29) is 6.10 Å². The quantitative estimate of drug-likeness (QED) is 0.816. The van der Waals surface area contributed by atoms with Gasteiger partial charge in [0.15, 0.2) is 5.82 Å². The van der Waals surface area contributed by atoms with Crippen LogP contribution in [0.1, 0.15) is 37.0 Å². The Hall–Kier alpha value is -0.980. The molecular weight excluding hydrogens is 220 g/mol. The molecule has 2 heterocycles. The van der Waals surface area contributed by atoms with Crippen molar-refractivity contribution in [2.24, 2.45) is 5.73 Å². The molecule has 0 radical (unpaired) electrons. The summed E-state index contributed by atoms with van der Waals surface area (Å²) in [5.74, 6) is 1.69. The molecule has 0 amide bonds. The van der Waals surface area contributed by atoms with Gasteiger partial charge in [-0.25, -0.2) is 0 Å². The number of rotatable bonds is 5. The van der Waals surface area contributed by atoms with Gasteiger partial charge in [-0.2, -0.15) is 0 Å². The highest BCUT2D eigenvalue weighted by Crippen LogP contribution is 2.26. The summed E-state index contributed by atoms with van der Waals surface area (Å²) >= 11 is 0. The molecule has 1 aromatic heterocycles. The van der Waals surface area contributed by atoms with Crippen LogP contribution in [0.2, 0.25) is 0 Å². The first-order valence-corrected chi connectivity index (χ1v) is 6.09. The minimum absolute atomic E-state index is 0.0633. The van der Waals surface area contributed by atoms with Crippen molar-refractivity contribution >= 4 is 0 Å². The van der Waals surface area contributed by atoms with E-state index in [0.717, 1.165) is 37.6 Å². The van der Waals surface area contributed by atoms with E-state index >= 15 is 0 Å². The second-order valence-electron chi connectivity index (χ2n) is 4.18. The fraction of sp³-hybridized carbons (Fsp3) is 0.818. The van der Waals surface area contributed by atoms with Crippen LogP contribution in [0.3, 0.4) is 0 Å². The molecule has 2 N–H and O–H groups in total. The summed E-state index contributed by atoms with van der Waals surface area (Å²) in [6.45, 7) is 2.55. The highest BCUT2D eigenvalue weighted by Gasteiger charge is 2.23. The molecule has 1 aliphatic rings. The Balaban J connectivity index is 2.16. The Bertz CT molecular complexity index is 347. The average molecular weight is 240 g/mol. The van der Waals surface area contributed by atoms with Crippen molar-refractivity contribution in [2.75, 3.05) is 20.3 Å². The lowest BCUT2D eigenvalue weighted by Gasteiger charge is -2.22. The number of nitrogens with two attached hydrogens (primary N) is 1. The minimum atomic E-state index is 0.0633. The summed E-state index contributed by atoms with van der Waals surface area (Å²) in [6.07, 6.45) is 3.38. The molecular formula is C11H20N4O2. The van der Waals surface area contributed by atoms with Gasteiger partial charge in [-0.3, -0.25) is 0 Å². The maximum Gasteiger partial charge on any atom is 0.162 e. The largest absolute Gasteiger partial charge is 0.383 e. The first-order valence-electron chi connectivity index (χ1n) is 6.09. The Kier molecular flexibility index (Phi) is 4.47. The van der Waals surface area contributed by atoms with Crippen molar-refractivity contribution in [2.45, 2.75) is 38.5 Å². The molecule has 2 rings (SSSR count). The number of nitrogens with zero attached hydrogens (tertiary/aromatic N) is 3. The van der Waals surface area contributed by atoms with Gasteiger partial charge in [0.2, 0.25) is 0 Å². The van der Waals surface area contributed by atoms with Gasteiger partial charge in [0, 0.05) is 20.3 Å². The summed E-state index contributed by atoms with van der Waals surface area (Å²) in [5, 5.41) is 8.33. The van der Waals surface area contributed by atoms with Crippen molar-refractivity contribution in [3.63, 3.8) is 0 Å². The molecule has 1 unspecified atom stereocenters. The van der Waals surface area contributed by atoms with Crippen LogP contribution >= 0.6 is 0 Å². The van der Waals surface area contributed by atoms with Gasteiger partial charge in [0.05, 0.1) is 13.2 Å². The topological polar surface area (TPSA) is 75.2 Å². The number of methoxy groups -OCH3 is 1. The van der Waals surface area contributed by atoms with E-state index in [9.17, 15) is 0 Å². The van der Waals surface area contributed by atoms with Crippen LogP contribution in [0.25, 0.3) is 0 Å². The summed E-state index contributed by atoms with van der Waals surface area (Å²) in [7, 11) is 1.68. The second kappa shape index (κ2) is 6.09. The van der Waals surface area contributed by atoms with Crippen molar-refractivity contribution in [3.8, 4) is 0 Å². The fourth-order valence-electron chi connectivity index (χ4n) is 2.11. The van der Waals surface area contributed by atoms with E-state index in [4.69, 9.17) is 15.2 Å². The standard InChI is InChI=1S/C11H20N4O2/c1-16-7-5-15-10(8-12)13-14-11(15)9-4-2-3-6-17-9/h9H,2-8,12H2,1H3. The molecule has 6 nitrogen and oxygen atoms in total. The molecule has 6 heteroatoms. The third kappa shape index (κ3) is 2.83. The van der Waals surface area contributed by atoms with E-state index < -0.39 is 0 Å². The first kappa shape index (κ1) is 12.5. The van der Waals surface area contributed by atoms with Gasteiger partial charge in [-0.1, -0.05) is 0 Å². The molecule has 1 aliphatic heterocycles. The van der Waals surface area contributed by atoms with Crippen molar-refractivity contribution in [1.82, 2.24) is 14.8 Å². The average Bonchev–Trinajstić information content (AvgIpc) is 2.80. The first-order chi connectivity index (χ1) is 8.36. The predicted octanol–water partition coefficient (Wildman–Crippen LogP) is 0.625. The molecule has 0 aliphatic carbocycles. The van der Waals surface area contributed by atoms with Gasteiger partial charge in [0.25, 0.3) is 0 Å². The van der Waals surface area contributed by atoms with E-state index in [1.807, 2.05) is 4.57 Å². The molecule has 0 spiro atoms. The van der Waals surface area contributed by atoms with Crippen molar-refractivity contribution < 1.29 is 9.47 Å². The number of aromatic nitrogens is 3.